The molecule has 0 saturated carbocycles. The van der Waals surface area contributed by atoms with Crippen LogP contribution in [0.15, 0.2) is 15.8 Å². The third-order valence-corrected chi connectivity index (χ3v) is 5.31. The zero-order valence-corrected chi connectivity index (χ0v) is 16.8. The molecule has 0 aromatic carbocycles. The quantitative estimate of drug-likeness (QED) is 0.345. The van der Waals surface area contributed by atoms with Gasteiger partial charge in [0.1, 0.15) is 0 Å². The summed E-state index contributed by atoms with van der Waals surface area (Å²) >= 11 is 0.0691. The Labute approximate surface area is 129 Å². The molecule has 0 amide bonds. The van der Waals surface area contributed by atoms with E-state index in [0.717, 1.165) is 0 Å². The molecule has 20 heavy (non-hydrogen) atoms. The maximum absolute atomic E-state index is 11.7. The average molecular weight is 492 g/mol. The van der Waals surface area contributed by atoms with Crippen molar-refractivity contribution in [3.8, 4) is 0 Å². The van der Waals surface area contributed by atoms with E-state index in [-0.39, 0.29) is 38.3 Å². The van der Waals surface area contributed by atoms with E-state index in [1.165, 1.54) is 10.8 Å². The van der Waals surface area contributed by atoms with Crippen molar-refractivity contribution in [3.63, 3.8) is 0 Å². The molecule has 0 spiro atoms. The van der Waals surface area contributed by atoms with Crippen LogP contribution < -0.4 is 14.3 Å². The second-order valence-electron chi connectivity index (χ2n) is 4.40. The summed E-state index contributed by atoms with van der Waals surface area (Å²) in [4.78, 5) is 42.5. The first kappa shape index (κ1) is 16.1. The van der Waals surface area contributed by atoms with Gasteiger partial charge in [0.15, 0.2) is 0 Å². The standard InChI is InChI=1S/C9H12N2O7P.Hg/c12-7-3-4-11(9(13)10-7)8-2-1-6(18-8)5-17-19(14,15)16;/h4,6,8H,1-2,5H2,(H,10,12,13)(H2,14,15,16);/q;+1. The predicted molar refractivity (Wildman–Crippen MR) is 62.1 cm³/mol. The number of phosphoric acid groups is 1. The minimum atomic E-state index is -4.52. The van der Waals surface area contributed by atoms with Crippen molar-refractivity contribution in [1.82, 2.24) is 9.55 Å². The van der Waals surface area contributed by atoms with Gasteiger partial charge in [0.05, 0.1) is 0 Å². The summed E-state index contributed by atoms with van der Waals surface area (Å²) in [6.45, 7) is -0.240. The van der Waals surface area contributed by atoms with Crippen molar-refractivity contribution in [2.75, 3.05) is 6.61 Å². The molecule has 0 aliphatic carbocycles. The van der Waals surface area contributed by atoms with Crippen molar-refractivity contribution < 1.29 is 49.7 Å². The summed E-state index contributed by atoms with van der Waals surface area (Å²) in [5, 5.41) is 0. The Morgan fingerprint density at radius 3 is 2.85 bits per heavy atom. The van der Waals surface area contributed by atoms with Crippen LogP contribution in [0.1, 0.15) is 19.1 Å². The minimum absolute atomic E-state index is 0.0691. The number of aromatic nitrogens is 2. The van der Waals surface area contributed by atoms with Crippen molar-refractivity contribution in [2.45, 2.75) is 25.2 Å². The van der Waals surface area contributed by atoms with Gasteiger partial charge >= 0.3 is 129 Å². The fraction of sp³-hybridized carbons (Fsp3) is 0.556. The maximum atomic E-state index is 11.7. The normalized spacial score (nSPS) is 23.2. The van der Waals surface area contributed by atoms with E-state index in [1.54, 1.807) is 0 Å². The van der Waals surface area contributed by atoms with Gasteiger partial charge < -0.3 is 0 Å². The van der Waals surface area contributed by atoms with Gasteiger partial charge in [0.25, 0.3) is 0 Å². The molecule has 1 aromatic heterocycles. The fourth-order valence-corrected chi connectivity index (χ4v) is 3.40. The third kappa shape index (κ3) is 4.09. The van der Waals surface area contributed by atoms with Crippen LogP contribution in [0.2, 0.25) is 0 Å². The zero-order chi connectivity index (χ0) is 14.9. The van der Waals surface area contributed by atoms with E-state index >= 15 is 0 Å². The van der Waals surface area contributed by atoms with E-state index in [1.807, 2.05) is 0 Å². The Morgan fingerprint density at radius 2 is 2.20 bits per heavy atom. The van der Waals surface area contributed by atoms with Crippen LogP contribution in [0.3, 0.4) is 0 Å². The Morgan fingerprint density at radius 1 is 1.50 bits per heavy atom. The van der Waals surface area contributed by atoms with E-state index in [2.05, 4.69) is 9.51 Å². The molecule has 11 heteroatoms. The van der Waals surface area contributed by atoms with Gasteiger partial charge in [-0.05, 0) is 0 Å². The third-order valence-electron chi connectivity index (χ3n) is 2.87. The Bertz CT molecular complexity index is 650. The van der Waals surface area contributed by atoms with Crippen LogP contribution in [0, 0.1) is 0 Å². The molecule has 2 unspecified atom stereocenters. The molecule has 1 aliphatic rings. The summed E-state index contributed by atoms with van der Waals surface area (Å²) in [6, 6.07) is 0. The number of phosphoric ester groups is 1. The monoisotopic (exact) mass is 493 g/mol. The molecule has 2 heterocycles. The average Bonchev–Trinajstić information content (AvgIpc) is 2.79. The molecule has 0 bridgehead atoms. The molecular weight excluding hydrogens is 480 g/mol. The fourth-order valence-electron chi connectivity index (χ4n) is 1.94. The van der Waals surface area contributed by atoms with Crippen LogP contribution in [0.4, 0.5) is 0 Å². The number of hydrogen-bond donors (Lipinski definition) is 3. The molecule has 9 nitrogen and oxygen atoms in total. The van der Waals surface area contributed by atoms with Crippen LogP contribution in [-0.2, 0) is 39.9 Å². The molecule has 2 atom stereocenters. The summed E-state index contributed by atoms with van der Waals surface area (Å²) in [6.07, 6.45) is 1.47. The number of ether oxygens (including phenoxy) is 1. The van der Waals surface area contributed by atoms with Crippen LogP contribution in [0.25, 0.3) is 0 Å². The van der Waals surface area contributed by atoms with E-state index < -0.39 is 25.8 Å². The van der Waals surface area contributed by atoms with Crippen LogP contribution >= 0.6 is 7.82 Å². The van der Waals surface area contributed by atoms with Crippen LogP contribution in [-0.4, -0.2) is 32.0 Å². The molecule has 0 radical (unpaired) electrons. The van der Waals surface area contributed by atoms with E-state index in [9.17, 15) is 14.2 Å². The van der Waals surface area contributed by atoms with E-state index in [0.29, 0.717) is 15.9 Å². The Balaban J connectivity index is 2.06. The first-order valence-electron chi connectivity index (χ1n) is 5.79. The first-order valence-corrected chi connectivity index (χ1v) is 10.1. The second kappa shape index (κ2) is 6.21. The molecular formula is C9H12HgN2O7P+. The summed E-state index contributed by atoms with van der Waals surface area (Å²) in [7, 11) is -4.52. The van der Waals surface area contributed by atoms with Gasteiger partial charge in [-0.3, -0.25) is 0 Å². The van der Waals surface area contributed by atoms with Gasteiger partial charge in [-0.15, -0.1) is 0 Å². The molecule has 2 rings (SSSR count). The van der Waals surface area contributed by atoms with Gasteiger partial charge in [-0.1, -0.05) is 0 Å². The number of aromatic amines is 1. The summed E-state index contributed by atoms with van der Waals surface area (Å²) < 4.78 is 22.4. The van der Waals surface area contributed by atoms with Crippen LogP contribution in [0.5, 0.6) is 0 Å². The number of hydrogen-bond acceptors (Lipinski definition) is 5. The molecule has 1 saturated heterocycles. The summed E-state index contributed by atoms with van der Waals surface area (Å²) in [5.41, 5.74) is -0.917. The van der Waals surface area contributed by atoms with Crippen molar-refractivity contribution in [2.24, 2.45) is 0 Å². The number of rotatable bonds is 4. The first-order chi connectivity index (χ1) is 9.26. The molecule has 1 aliphatic heterocycles. The molecule has 3 N–H and O–H groups in total. The predicted octanol–water partition coefficient (Wildman–Crippen LogP) is -1.50. The Hall–Kier alpha value is -0.315. The zero-order valence-electron chi connectivity index (χ0n) is 10.4. The second-order valence-corrected chi connectivity index (χ2v) is 8.60. The Kier molecular flexibility index (Phi) is 4.98. The van der Waals surface area contributed by atoms with Gasteiger partial charge in [0, 0.05) is 0 Å². The summed E-state index contributed by atoms with van der Waals surface area (Å²) in [5.74, 6) is 0. The number of nitrogens with zero attached hydrogens (tertiary/aromatic N) is 1. The van der Waals surface area contributed by atoms with Gasteiger partial charge in [0.2, 0.25) is 0 Å². The molecule has 1 aromatic rings. The van der Waals surface area contributed by atoms with E-state index in [4.69, 9.17) is 14.5 Å². The van der Waals surface area contributed by atoms with Gasteiger partial charge in [-0.25, -0.2) is 0 Å². The number of nitrogens with one attached hydrogen (secondary N) is 1. The SMILES string of the molecule is O=c1[nH]c(=O)n(C2CCC(COP(=O)(O)O)O2)c[c]1[Hg+]. The topological polar surface area (TPSA) is 131 Å². The van der Waals surface area contributed by atoms with Gasteiger partial charge in [-0.2, -0.15) is 0 Å². The van der Waals surface area contributed by atoms with Crippen molar-refractivity contribution >= 4 is 10.9 Å². The molecule has 106 valence electrons. The van der Waals surface area contributed by atoms with Crippen molar-refractivity contribution in [3.05, 3.63) is 27.0 Å². The van der Waals surface area contributed by atoms with Crippen molar-refractivity contribution in [1.29, 1.82) is 0 Å². The number of H-pyrrole nitrogens is 1. The molecule has 1 fully saturated rings.